The number of hydrogen-bond acceptors (Lipinski definition) is 3. The monoisotopic (exact) mass is 196 g/mol. The summed E-state index contributed by atoms with van der Waals surface area (Å²) in [6.45, 7) is 3.54. The van der Waals surface area contributed by atoms with E-state index in [0.29, 0.717) is 13.0 Å². The van der Waals surface area contributed by atoms with Crippen molar-refractivity contribution in [2.75, 3.05) is 13.1 Å². The number of Topliss-reactive ketones (excluding diaryl/α,β-unsaturated/α-hetero) is 1. The molecule has 1 amide bonds. The molecule has 0 aromatic rings. The molecular weight excluding hydrogens is 180 g/mol. The van der Waals surface area contributed by atoms with Gasteiger partial charge in [-0.3, -0.25) is 14.5 Å². The van der Waals surface area contributed by atoms with Crippen molar-refractivity contribution in [3.05, 3.63) is 0 Å². The number of nitrogens with zero attached hydrogens (tertiary/aromatic N) is 1. The molecule has 2 rings (SSSR count). The summed E-state index contributed by atoms with van der Waals surface area (Å²) in [7, 11) is 0. The maximum Gasteiger partial charge on any atom is 0.237 e. The first-order chi connectivity index (χ1) is 6.68. The van der Waals surface area contributed by atoms with Crippen LogP contribution < -0.4 is 5.32 Å². The molecule has 0 aromatic carbocycles. The van der Waals surface area contributed by atoms with Gasteiger partial charge in [-0.1, -0.05) is 0 Å². The first kappa shape index (κ1) is 9.65. The number of ketones is 1. The van der Waals surface area contributed by atoms with E-state index in [1.54, 1.807) is 0 Å². The fourth-order valence-electron chi connectivity index (χ4n) is 2.15. The summed E-state index contributed by atoms with van der Waals surface area (Å²) in [6.07, 6.45) is 2.59. The van der Waals surface area contributed by atoms with Crippen molar-refractivity contribution in [3.8, 4) is 0 Å². The summed E-state index contributed by atoms with van der Waals surface area (Å²) in [4.78, 5) is 25.2. The van der Waals surface area contributed by atoms with E-state index in [4.69, 9.17) is 0 Å². The highest BCUT2D eigenvalue weighted by atomic mass is 16.2. The van der Waals surface area contributed by atoms with Gasteiger partial charge in [0, 0.05) is 13.0 Å². The van der Waals surface area contributed by atoms with Gasteiger partial charge in [-0.2, -0.15) is 0 Å². The zero-order valence-corrected chi connectivity index (χ0v) is 8.45. The van der Waals surface area contributed by atoms with E-state index in [9.17, 15) is 9.59 Å². The molecule has 0 aromatic heterocycles. The molecule has 1 N–H and O–H groups in total. The molecule has 0 aliphatic carbocycles. The Kier molecular flexibility index (Phi) is 2.54. The lowest BCUT2D eigenvalue weighted by molar-refractivity contribution is -0.136. The third-order valence-corrected chi connectivity index (χ3v) is 3.17. The molecule has 0 radical (unpaired) electrons. The lowest BCUT2D eigenvalue weighted by Gasteiger charge is -2.38. The highest BCUT2D eigenvalue weighted by Gasteiger charge is 2.35. The average Bonchev–Trinajstić information content (AvgIpc) is 2.15. The number of amides is 1. The van der Waals surface area contributed by atoms with Gasteiger partial charge in [0.05, 0.1) is 6.04 Å². The SMILES string of the molecule is C[C@@H]1C(=O)N[C@H]2CN1CCCCC2=O. The lowest BCUT2D eigenvalue weighted by Crippen LogP contribution is -2.62. The Bertz CT molecular complexity index is 263. The molecule has 4 nitrogen and oxygen atoms in total. The smallest absolute Gasteiger partial charge is 0.237 e. The van der Waals surface area contributed by atoms with Gasteiger partial charge in [0.25, 0.3) is 0 Å². The molecule has 1 unspecified atom stereocenters. The maximum absolute atomic E-state index is 11.6. The van der Waals surface area contributed by atoms with Crippen LogP contribution in [0.5, 0.6) is 0 Å². The van der Waals surface area contributed by atoms with Crippen LogP contribution in [0.1, 0.15) is 26.2 Å². The molecule has 2 fully saturated rings. The minimum Gasteiger partial charge on any atom is -0.344 e. The van der Waals surface area contributed by atoms with Crippen LogP contribution in [0.15, 0.2) is 0 Å². The molecule has 2 saturated heterocycles. The Morgan fingerprint density at radius 1 is 1.36 bits per heavy atom. The molecule has 2 bridgehead atoms. The number of nitrogens with one attached hydrogen (secondary N) is 1. The molecule has 0 saturated carbocycles. The molecule has 78 valence electrons. The second-order valence-corrected chi connectivity index (χ2v) is 4.16. The Morgan fingerprint density at radius 3 is 2.93 bits per heavy atom. The third-order valence-electron chi connectivity index (χ3n) is 3.17. The van der Waals surface area contributed by atoms with Crippen LogP contribution in [0.3, 0.4) is 0 Å². The lowest BCUT2D eigenvalue weighted by atomic mass is 9.98. The second kappa shape index (κ2) is 3.69. The molecule has 2 aliphatic heterocycles. The maximum atomic E-state index is 11.6. The predicted molar refractivity (Wildman–Crippen MR) is 51.8 cm³/mol. The van der Waals surface area contributed by atoms with Gasteiger partial charge < -0.3 is 5.32 Å². The van der Waals surface area contributed by atoms with Gasteiger partial charge in [-0.25, -0.2) is 0 Å². The molecule has 14 heavy (non-hydrogen) atoms. The molecule has 0 spiro atoms. The fraction of sp³-hybridized carbons (Fsp3) is 0.800. The Morgan fingerprint density at radius 2 is 2.14 bits per heavy atom. The second-order valence-electron chi connectivity index (χ2n) is 4.16. The molecule has 2 aliphatic rings. The first-order valence-electron chi connectivity index (χ1n) is 5.25. The van der Waals surface area contributed by atoms with E-state index in [1.165, 1.54) is 0 Å². The van der Waals surface area contributed by atoms with Crippen molar-refractivity contribution in [2.24, 2.45) is 0 Å². The van der Waals surface area contributed by atoms with Crippen LogP contribution in [-0.2, 0) is 9.59 Å². The van der Waals surface area contributed by atoms with Crippen molar-refractivity contribution < 1.29 is 9.59 Å². The number of piperazine rings is 1. The standard InChI is InChI=1S/C10H16N2O2/c1-7-10(14)11-8-6-12(7)5-3-2-4-9(8)13/h7-8H,2-6H2,1H3,(H,11,14)/t7-,8+/m1/s1. The van der Waals surface area contributed by atoms with Crippen molar-refractivity contribution in [1.82, 2.24) is 10.2 Å². The normalized spacial score (nSPS) is 38.5. The molecule has 3 atom stereocenters. The van der Waals surface area contributed by atoms with Gasteiger partial charge in [-0.05, 0) is 26.3 Å². The van der Waals surface area contributed by atoms with E-state index in [2.05, 4.69) is 10.2 Å². The summed E-state index contributed by atoms with van der Waals surface area (Å²) in [5.74, 6) is 0.187. The number of rotatable bonds is 0. The fourth-order valence-corrected chi connectivity index (χ4v) is 2.15. The zero-order valence-electron chi connectivity index (χ0n) is 8.45. The molecular formula is C10H16N2O2. The highest BCUT2D eigenvalue weighted by molar-refractivity contribution is 5.92. The minimum atomic E-state index is -0.251. The highest BCUT2D eigenvalue weighted by Crippen LogP contribution is 2.15. The number of carbonyl (C=O) groups excluding carboxylic acids is 2. The minimum absolute atomic E-state index is 0.00324. The van der Waals surface area contributed by atoms with Gasteiger partial charge in [0.2, 0.25) is 5.91 Å². The first-order valence-corrected chi connectivity index (χ1v) is 5.25. The van der Waals surface area contributed by atoms with Crippen LogP contribution in [0.2, 0.25) is 0 Å². The summed E-state index contributed by atoms with van der Waals surface area (Å²) in [5, 5.41) is 2.78. The van der Waals surface area contributed by atoms with E-state index < -0.39 is 0 Å². The molecule has 4 heteroatoms. The topological polar surface area (TPSA) is 49.4 Å². The van der Waals surface area contributed by atoms with Crippen molar-refractivity contribution >= 4 is 11.7 Å². The van der Waals surface area contributed by atoms with Gasteiger partial charge in [-0.15, -0.1) is 0 Å². The number of hydrogen-bond donors (Lipinski definition) is 1. The third kappa shape index (κ3) is 1.66. The van der Waals surface area contributed by atoms with Crippen LogP contribution in [0.25, 0.3) is 0 Å². The quantitative estimate of drug-likeness (QED) is 0.590. The average molecular weight is 196 g/mol. The van der Waals surface area contributed by atoms with Gasteiger partial charge in [0.1, 0.15) is 6.04 Å². The summed E-state index contributed by atoms with van der Waals surface area (Å²) in [6, 6.07) is -0.323. The summed E-state index contributed by atoms with van der Waals surface area (Å²) >= 11 is 0. The largest absolute Gasteiger partial charge is 0.344 e. The van der Waals surface area contributed by atoms with Crippen molar-refractivity contribution in [3.63, 3.8) is 0 Å². The van der Waals surface area contributed by atoms with Crippen molar-refractivity contribution in [2.45, 2.75) is 38.3 Å². The van der Waals surface area contributed by atoms with Crippen LogP contribution >= 0.6 is 0 Å². The predicted octanol–water partition coefficient (Wildman–Crippen LogP) is -0.0717. The van der Waals surface area contributed by atoms with E-state index in [-0.39, 0.29) is 23.8 Å². The summed E-state index contributed by atoms with van der Waals surface area (Å²) in [5.41, 5.74) is 0. The van der Waals surface area contributed by atoms with Crippen molar-refractivity contribution in [1.29, 1.82) is 0 Å². The van der Waals surface area contributed by atoms with E-state index in [1.807, 2.05) is 6.92 Å². The molecule has 2 heterocycles. The number of carbonyl (C=O) groups is 2. The van der Waals surface area contributed by atoms with Gasteiger partial charge >= 0.3 is 0 Å². The number of fused-ring (bicyclic) bond motifs is 2. The zero-order chi connectivity index (χ0) is 10.1. The van der Waals surface area contributed by atoms with Crippen LogP contribution in [0, 0.1) is 0 Å². The summed E-state index contributed by atoms with van der Waals surface area (Å²) < 4.78 is 0. The van der Waals surface area contributed by atoms with Gasteiger partial charge in [0.15, 0.2) is 5.78 Å². The van der Waals surface area contributed by atoms with E-state index in [0.717, 1.165) is 19.4 Å². The Hall–Kier alpha value is -0.900. The Labute approximate surface area is 83.6 Å². The Balaban J connectivity index is 2.15. The van der Waals surface area contributed by atoms with E-state index >= 15 is 0 Å². The van der Waals surface area contributed by atoms with Crippen LogP contribution in [-0.4, -0.2) is 41.8 Å². The van der Waals surface area contributed by atoms with Crippen LogP contribution in [0.4, 0.5) is 0 Å².